The van der Waals surface area contributed by atoms with Crippen LogP contribution in [-0.4, -0.2) is 9.55 Å². The molecular weight excluding hydrogens is 435 g/mol. The molecule has 0 aliphatic carbocycles. The molecule has 0 atom stereocenters. The van der Waals surface area contributed by atoms with Gasteiger partial charge in [-0.15, -0.1) is 0 Å². The standard InChI is InChI=1S/C31H25FN2O/c1-22-33-30(26-13-8-14-27(32)21-26)29(20-15-23-9-4-2-5-10-23)31(35)34(22)28-18-16-25(17-19-28)24-11-6-3-7-12-24/h2-14,16-19,21H,15,20H2,1H3. The number of halogens is 1. The van der Waals surface area contributed by atoms with Gasteiger partial charge in [-0.25, -0.2) is 9.37 Å². The molecule has 0 spiro atoms. The first-order valence-corrected chi connectivity index (χ1v) is 11.7. The van der Waals surface area contributed by atoms with Crippen LogP contribution < -0.4 is 5.56 Å². The van der Waals surface area contributed by atoms with Crippen molar-refractivity contribution in [2.75, 3.05) is 0 Å². The fourth-order valence-corrected chi connectivity index (χ4v) is 4.41. The number of aromatic nitrogens is 2. The van der Waals surface area contributed by atoms with Crippen LogP contribution >= 0.6 is 0 Å². The molecule has 0 saturated heterocycles. The second-order valence-electron chi connectivity index (χ2n) is 8.54. The molecule has 0 unspecified atom stereocenters. The van der Waals surface area contributed by atoms with Crippen molar-refractivity contribution < 1.29 is 4.39 Å². The summed E-state index contributed by atoms with van der Waals surface area (Å²) >= 11 is 0. The number of rotatable bonds is 6. The highest BCUT2D eigenvalue weighted by molar-refractivity contribution is 5.66. The van der Waals surface area contributed by atoms with Crippen LogP contribution in [0.15, 0.2) is 114 Å². The van der Waals surface area contributed by atoms with Crippen LogP contribution in [0.1, 0.15) is 17.0 Å². The average molecular weight is 461 g/mol. The van der Waals surface area contributed by atoms with Gasteiger partial charge >= 0.3 is 0 Å². The molecule has 0 saturated carbocycles. The zero-order valence-electron chi connectivity index (χ0n) is 19.5. The molecule has 172 valence electrons. The van der Waals surface area contributed by atoms with Gasteiger partial charge in [-0.1, -0.05) is 84.9 Å². The molecule has 0 aliphatic heterocycles. The van der Waals surface area contributed by atoms with Crippen LogP contribution in [-0.2, 0) is 12.8 Å². The summed E-state index contributed by atoms with van der Waals surface area (Å²) in [6, 6.07) is 34.4. The van der Waals surface area contributed by atoms with Crippen LogP contribution in [0.2, 0.25) is 0 Å². The van der Waals surface area contributed by atoms with Gasteiger partial charge in [0.05, 0.1) is 11.4 Å². The first-order valence-electron chi connectivity index (χ1n) is 11.7. The molecule has 3 nitrogen and oxygen atoms in total. The summed E-state index contributed by atoms with van der Waals surface area (Å²) in [5.74, 6) is 0.210. The molecular formula is C31H25FN2O. The molecule has 35 heavy (non-hydrogen) atoms. The Bertz CT molecular complexity index is 1510. The normalized spacial score (nSPS) is 10.9. The monoisotopic (exact) mass is 460 g/mol. The first-order chi connectivity index (χ1) is 17.1. The third kappa shape index (κ3) is 4.82. The number of nitrogens with zero attached hydrogens (tertiary/aromatic N) is 2. The highest BCUT2D eigenvalue weighted by Gasteiger charge is 2.18. The van der Waals surface area contributed by atoms with E-state index in [0.717, 1.165) is 22.4 Å². The molecule has 0 radical (unpaired) electrons. The molecule has 5 aromatic rings. The van der Waals surface area contributed by atoms with Gasteiger partial charge in [0.25, 0.3) is 5.56 Å². The molecule has 5 rings (SSSR count). The maximum absolute atomic E-state index is 14.0. The summed E-state index contributed by atoms with van der Waals surface area (Å²) in [7, 11) is 0. The molecule has 1 heterocycles. The minimum Gasteiger partial charge on any atom is -0.269 e. The first kappa shape index (κ1) is 22.5. The average Bonchev–Trinajstić information content (AvgIpc) is 2.89. The van der Waals surface area contributed by atoms with Gasteiger partial charge in [-0.2, -0.15) is 0 Å². The van der Waals surface area contributed by atoms with Gasteiger partial charge < -0.3 is 0 Å². The van der Waals surface area contributed by atoms with Crippen LogP contribution in [0.3, 0.4) is 0 Å². The second kappa shape index (κ2) is 9.90. The number of benzene rings is 4. The molecule has 0 bridgehead atoms. The van der Waals surface area contributed by atoms with Gasteiger partial charge in [0.2, 0.25) is 0 Å². The predicted octanol–water partition coefficient (Wildman–Crippen LogP) is 6.80. The number of aryl methyl sites for hydroxylation is 2. The van der Waals surface area contributed by atoms with Crippen molar-refractivity contribution in [3.8, 4) is 28.1 Å². The summed E-state index contributed by atoms with van der Waals surface area (Å²) in [5.41, 5.74) is 5.69. The Morgan fingerprint density at radius 3 is 2.03 bits per heavy atom. The van der Waals surface area contributed by atoms with Crippen molar-refractivity contribution in [1.82, 2.24) is 9.55 Å². The SMILES string of the molecule is Cc1nc(-c2cccc(F)c2)c(CCc2ccccc2)c(=O)n1-c1ccc(-c2ccccc2)cc1. The molecule has 4 heteroatoms. The van der Waals surface area contributed by atoms with E-state index in [1.54, 1.807) is 16.7 Å². The van der Waals surface area contributed by atoms with E-state index >= 15 is 0 Å². The molecule has 4 aromatic carbocycles. The Kier molecular flexibility index (Phi) is 6.36. The third-order valence-corrected chi connectivity index (χ3v) is 6.18. The van der Waals surface area contributed by atoms with Gasteiger partial charge in [-0.3, -0.25) is 9.36 Å². The molecule has 1 aromatic heterocycles. The topological polar surface area (TPSA) is 34.9 Å². The Morgan fingerprint density at radius 2 is 1.34 bits per heavy atom. The van der Waals surface area contributed by atoms with E-state index in [1.807, 2.05) is 79.7 Å². The fourth-order valence-electron chi connectivity index (χ4n) is 4.41. The van der Waals surface area contributed by atoms with E-state index in [-0.39, 0.29) is 11.4 Å². The molecule has 0 fully saturated rings. The summed E-state index contributed by atoms with van der Waals surface area (Å²) in [6.45, 7) is 1.82. The smallest absolute Gasteiger partial charge is 0.261 e. The van der Waals surface area contributed by atoms with E-state index in [2.05, 4.69) is 12.1 Å². The van der Waals surface area contributed by atoms with Crippen LogP contribution in [0.4, 0.5) is 4.39 Å². The summed E-state index contributed by atoms with van der Waals surface area (Å²) in [6.07, 6.45) is 1.19. The van der Waals surface area contributed by atoms with Gasteiger partial charge in [0.1, 0.15) is 11.6 Å². The highest BCUT2D eigenvalue weighted by Crippen LogP contribution is 2.25. The minimum absolute atomic E-state index is 0.125. The Morgan fingerprint density at radius 1 is 0.714 bits per heavy atom. The summed E-state index contributed by atoms with van der Waals surface area (Å²) in [5, 5.41) is 0. The van der Waals surface area contributed by atoms with E-state index < -0.39 is 0 Å². The summed E-state index contributed by atoms with van der Waals surface area (Å²) in [4.78, 5) is 18.7. The zero-order valence-corrected chi connectivity index (χ0v) is 19.5. The molecule has 0 aliphatic rings. The quantitative estimate of drug-likeness (QED) is 0.279. The second-order valence-corrected chi connectivity index (χ2v) is 8.54. The Balaban J connectivity index is 1.60. The Hall–Kier alpha value is -4.31. The van der Waals surface area contributed by atoms with Crippen molar-refractivity contribution in [2.45, 2.75) is 19.8 Å². The third-order valence-electron chi connectivity index (χ3n) is 6.18. The zero-order chi connectivity index (χ0) is 24.2. The molecule has 0 amide bonds. The van der Waals surface area contributed by atoms with Crippen molar-refractivity contribution in [3.63, 3.8) is 0 Å². The van der Waals surface area contributed by atoms with Crippen molar-refractivity contribution >= 4 is 0 Å². The van der Waals surface area contributed by atoms with Gasteiger partial charge in [0.15, 0.2) is 0 Å². The van der Waals surface area contributed by atoms with Crippen molar-refractivity contribution in [1.29, 1.82) is 0 Å². The lowest BCUT2D eigenvalue weighted by molar-refractivity contribution is 0.628. The van der Waals surface area contributed by atoms with Gasteiger partial charge in [0, 0.05) is 11.1 Å². The number of hydrogen-bond acceptors (Lipinski definition) is 2. The van der Waals surface area contributed by atoms with E-state index in [4.69, 9.17) is 4.98 Å². The Labute approximate surface area is 204 Å². The highest BCUT2D eigenvalue weighted by atomic mass is 19.1. The fraction of sp³-hybridized carbons (Fsp3) is 0.0968. The van der Waals surface area contributed by atoms with Crippen LogP contribution in [0.5, 0.6) is 0 Å². The lowest BCUT2D eigenvalue weighted by Crippen LogP contribution is -2.27. The van der Waals surface area contributed by atoms with Crippen molar-refractivity contribution in [2.24, 2.45) is 0 Å². The van der Waals surface area contributed by atoms with Crippen LogP contribution in [0.25, 0.3) is 28.1 Å². The lowest BCUT2D eigenvalue weighted by Gasteiger charge is -2.16. The van der Waals surface area contributed by atoms with E-state index in [9.17, 15) is 9.18 Å². The van der Waals surface area contributed by atoms with Gasteiger partial charge in [-0.05, 0) is 60.7 Å². The molecule has 0 N–H and O–H groups in total. The van der Waals surface area contributed by atoms with Crippen molar-refractivity contribution in [3.05, 3.63) is 142 Å². The summed E-state index contributed by atoms with van der Waals surface area (Å²) < 4.78 is 15.7. The van der Waals surface area contributed by atoms with Crippen LogP contribution in [0, 0.1) is 12.7 Å². The minimum atomic E-state index is -0.350. The predicted molar refractivity (Wildman–Crippen MR) is 139 cm³/mol. The van der Waals surface area contributed by atoms with E-state index in [1.165, 1.54) is 12.1 Å². The van der Waals surface area contributed by atoms with E-state index in [0.29, 0.717) is 35.5 Å². The lowest BCUT2D eigenvalue weighted by atomic mass is 10.00. The largest absolute Gasteiger partial charge is 0.269 e. The maximum Gasteiger partial charge on any atom is 0.261 e. The number of hydrogen-bond donors (Lipinski definition) is 0. The maximum atomic E-state index is 14.0.